The van der Waals surface area contributed by atoms with Gasteiger partial charge >= 0.3 is 5.97 Å². The molecular formula is C9H13NO2. The van der Waals surface area contributed by atoms with E-state index >= 15 is 0 Å². The second-order valence-corrected chi connectivity index (χ2v) is 2.05. The van der Waals surface area contributed by atoms with Crippen LogP contribution >= 0.6 is 0 Å². The summed E-state index contributed by atoms with van der Waals surface area (Å²) in [5, 5.41) is 0. The van der Waals surface area contributed by atoms with Gasteiger partial charge in [-0.2, -0.15) is 0 Å². The zero-order chi connectivity index (χ0) is 9.40. The third-order valence-corrected chi connectivity index (χ3v) is 1.16. The molecule has 0 radical (unpaired) electrons. The van der Waals surface area contributed by atoms with Crippen molar-refractivity contribution in [1.82, 2.24) is 0 Å². The average molecular weight is 167 g/mol. The molecule has 0 atom stereocenters. The van der Waals surface area contributed by atoms with Crippen LogP contribution in [0.2, 0.25) is 0 Å². The number of hydrogen-bond acceptors (Lipinski definition) is 3. The molecule has 0 aromatic rings. The monoisotopic (exact) mass is 167 g/mol. The SMILES string of the molecule is C=C/C=C(\C=C)COC(=O)CN. The summed E-state index contributed by atoms with van der Waals surface area (Å²) in [4.78, 5) is 10.6. The van der Waals surface area contributed by atoms with Gasteiger partial charge in [-0.15, -0.1) is 0 Å². The van der Waals surface area contributed by atoms with Crippen LogP contribution in [0.3, 0.4) is 0 Å². The van der Waals surface area contributed by atoms with E-state index < -0.39 is 5.97 Å². The molecule has 0 heterocycles. The maximum atomic E-state index is 10.6. The predicted octanol–water partition coefficient (Wildman–Crippen LogP) is 0.787. The summed E-state index contributed by atoms with van der Waals surface area (Å²) in [5.74, 6) is -0.424. The molecule has 0 unspecified atom stereocenters. The van der Waals surface area contributed by atoms with Crippen LogP contribution in [0.4, 0.5) is 0 Å². The van der Waals surface area contributed by atoms with E-state index in [1.54, 1.807) is 18.2 Å². The maximum Gasteiger partial charge on any atom is 0.320 e. The summed E-state index contributed by atoms with van der Waals surface area (Å²) < 4.78 is 4.75. The van der Waals surface area contributed by atoms with Crippen molar-refractivity contribution in [3.63, 3.8) is 0 Å². The molecule has 0 bridgehead atoms. The predicted molar refractivity (Wildman–Crippen MR) is 48.5 cm³/mol. The van der Waals surface area contributed by atoms with Crippen molar-refractivity contribution in [2.75, 3.05) is 13.2 Å². The lowest BCUT2D eigenvalue weighted by Crippen LogP contribution is -2.17. The summed E-state index contributed by atoms with van der Waals surface area (Å²) in [6.07, 6.45) is 4.93. The smallest absolute Gasteiger partial charge is 0.320 e. The van der Waals surface area contributed by atoms with Crippen LogP contribution < -0.4 is 5.73 Å². The Labute approximate surface area is 72.2 Å². The minimum atomic E-state index is -0.424. The largest absolute Gasteiger partial charge is 0.460 e. The van der Waals surface area contributed by atoms with Crippen molar-refractivity contribution in [1.29, 1.82) is 0 Å². The molecule has 12 heavy (non-hydrogen) atoms. The molecule has 0 fully saturated rings. The molecule has 0 aromatic carbocycles. The molecule has 0 aliphatic heterocycles. The molecule has 0 amide bonds. The van der Waals surface area contributed by atoms with Crippen molar-refractivity contribution < 1.29 is 9.53 Å². The number of nitrogens with two attached hydrogens (primary N) is 1. The third-order valence-electron chi connectivity index (χ3n) is 1.16. The van der Waals surface area contributed by atoms with Crippen molar-refractivity contribution in [3.8, 4) is 0 Å². The van der Waals surface area contributed by atoms with E-state index in [2.05, 4.69) is 13.2 Å². The Kier molecular flexibility index (Phi) is 5.65. The summed E-state index contributed by atoms with van der Waals surface area (Å²) in [6.45, 7) is 7.15. The second-order valence-electron chi connectivity index (χ2n) is 2.05. The first-order valence-corrected chi connectivity index (χ1v) is 3.54. The van der Waals surface area contributed by atoms with Gasteiger partial charge in [0, 0.05) is 0 Å². The van der Waals surface area contributed by atoms with E-state index in [4.69, 9.17) is 10.5 Å². The summed E-state index contributed by atoms with van der Waals surface area (Å²) >= 11 is 0. The molecule has 0 rings (SSSR count). The first kappa shape index (κ1) is 10.7. The van der Waals surface area contributed by atoms with E-state index in [9.17, 15) is 4.79 Å². The highest BCUT2D eigenvalue weighted by Crippen LogP contribution is 1.96. The number of rotatable bonds is 5. The van der Waals surface area contributed by atoms with E-state index in [0.29, 0.717) is 0 Å². The van der Waals surface area contributed by atoms with Gasteiger partial charge in [0.1, 0.15) is 6.61 Å². The Bertz CT molecular complexity index is 207. The van der Waals surface area contributed by atoms with Gasteiger partial charge in [-0.3, -0.25) is 4.79 Å². The van der Waals surface area contributed by atoms with Crippen LogP contribution in [-0.4, -0.2) is 19.1 Å². The third kappa shape index (κ3) is 4.46. The van der Waals surface area contributed by atoms with Gasteiger partial charge in [0.2, 0.25) is 0 Å². The van der Waals surface area contributed by atoms with E-state index in [-0.39, 0.29) is 13.2 Å². The normalized spacial score (nSPS) is 10.6. The van der Waals surface area contributed by atoms with Gasteiger partial charge in [-0.1, -0.05) is 31.4 Å². The van der Waals surface area contributed by atoms with Gasteiger partial charge in [-0.05, 0) is 5.57 Å². The standard InChI is InChI=1S/C9H13NO2/c1-3-5-8(4-2)7-12-9(11)6-10/h3-5H,1-2,6-7,10H2/b8-5+. The number of allylic oxidation sites excluding steroid dienone is 2. The molecule has 2 N–H and O–H groups in total. The fraction of sp³-hybridized carbons (Fsp3) is 0.222. The molecular weight excluding hydrogens is 154 g/mol. The van der Waals surface area contributed by atoms with Crippen LogP contribution in [-0.2, 0) is 9.53 Å². The first-order chi connectivity index (χ1) is 5.74. The highest BCUT2D eigenvalue weighted by atomic mass is 16.5. The Morgan fingerprint density at radius 1 is 1.50 bits per heavy atom. The van der Waals surface area contributed by atoms with E-state index in [1.165, 1.54) is 0 Å². The zero-order valence-electron chi connectivity index (χ0n) is 6.95. The summed E-state index contributed by atoms with van der Waals surface area (Å²) in [7, 11) is 0. The van der Waals surface area contributed by atoms with Crippen molar-refractivity contribution >= 4 is 5.97 Å². The second kappa shape index (κ2) is 6.37. The van der Waals surface area contributed by atoms with Gasteiger partial charge in [0.15, 0.2) is 0 Å². The number of carbonyl (C=O) groups is 1. The molecule has 66 valence electrons. The fourth-order valence-corrected chi connectivity index (χ4v) is 0.549. The van der Waals surface area contributed by atoms with Crippen LogP contribution in [0.15, 0.2) is 37.0 Å². The number of ether oxygens (including phenoxy) is 1. The van der Waals surface area contributed by atoms with Gasteiger partial charge in [0.25, 0.3) is 0 Å². The lowest BCUT2D eigenvalue weighted by Gasteiger charge is -2.02. The molecule has 0 spiro atoms. The first-order valence-electron chi connectivity index (χ1n) is 3.54. The van der Waals surface area contributed by atoms with Crippen LogP contribution in [0.1, 0.15) is 0 Å². The molecule has 0 aliphatic rings. The molecule has 0 saturated heterocycles. The van der Waals surface area contributed by atoms with Crippen molar-refractivity contribution in [3.05, 3.63) is 37.0 Å². The minimum Gasteiger partial charge on any atom is -0.460 e. The lowest BCUT2D eigenvalue weighted by atomic mass is 10.2. The Balaban J connectivity index is 3.88. The minimum absolute atomic E-state index is 0.0987. The van der Waals surface area contributed by atoms with Crippen LogP contribution in [0, 0.1) is 0 Å². The number of esters is 1. The zero-order valence-corrected chi connectivity index (χ0v) is 6.95. The van der Waals surface area contributed by atoms with Crippen LogP contribution in [0.25, 0.3) is 0 Å². The van der Waals surface area contributed by atoms with E-state index in [0.717, 1.165) is 5.57 Å². The summed E-state index contributed by atoms with van der Waals surface area (Å²) in [6, 6.07) is 0. The van der Waals surface area contributed by atoms with Crippen molar-refractivity contribution in [2.45, 2.75) is 0 Å². The van der Waals surface area contributed by atoms with Crippen LogP contribution in [0.5, 0.6) is 0 Å². The summed E-state index contributed by atoms with van der Waals surface area (Å²) in [5.41, 5.74) is 5.83. The Morgan fingerprint density at radius 2 is 2.17 bits per heavy atom. The molecule has 0 aromatic heterocycles. The molecule has 3 heteroatoms. The Hall–Kier alpha value is -1.35. The Morgan fingerprint density at radius 3 is 2.58 bits per heavy atom. The molecule has 0 saturated carbocycles. The highest BCUT2D eigenvalue weighted by Gasteiger charge is 1.98. The van der Waals surface area contributed by atoms with Gasteiger partial charge in [0.05, 0.1) is 6.54 Å². The number of carbonyl (C=O) groups excluding carboxylic acids is 1. The number of hydrogen-bond donors (Lipinski definition) is 1. The maximum absolute atomic E-state index is 10.6. The average Bonchev–Trinajstić information content (AvgIpc) is 2.11. The molecule has 0 aliphatic carbocycles. The van der Waals surface area contributed by atoms with Gasteiger partial charge < -0.3 is 10.5 Å². The highest BCUT2D eigenvalue weighted by molar-refractivity contribution is 5.71. The lowest BCUT2D eigenvalue weighted by molar-refractivity contribution is -0.140. The van der Waals surface area contributed by atoms with Crippen molar-refractivity contribution in [2.24, 2.45) is 5.73 Å². The topological polar surface area (TPSA) is 52.3 Å². The van der Waals surface area contributed by atoms with E-state index in [1.807, 2.05) is 0 Å². The molecule has 3 nitrogen and oxygen atoms in total. The quantitative estimate of drug-likeness (QED) is 0.486. The fourth-order valence-electron chi connectivity index (χ4n) is 0.549. The van der Waals surface area contributed by atoms with Gasteiger partial charge in [-0.25, -0.2) is 0 Å².